The van der Waals surface area contributed by atoms with Gasteiger partial charge < -0.3 is 14.5 Å². The molecule has 0 amide bonds. The van der Waals surface area contributed by atoms with Gasteiger partial charge in [0, 0.05) is 16.0 Å². The third-order valence-electron chi connectivity index (χ3n) is 5.87. The number of tetrazole rings is 1. The number of nitrogens with one attached hydrogen (secondary N) is 1. The molecule has 0 fully saturated rings. The first kappa shape index (κ1) is 19.7. The van der Waals surface area contributed by atoms with Crippen molar-refractivity contribution in [3.8, 4) is 11.1 Å². The predicted molar refractivity (Wildman–Crippen MR) is 123 cm³/mol. The van der Waals surface area contributed by atoms with Gasteiger partial charge in [-0.3, -0.25) is 0 Å². The summed E-state index contributed by atoms with van der Waals surface area (Å²) in [6.45, 7) is 1.84. The molecule has 0 aliphatic heterocycles. The van der Waals surface area contributed by atoms with E-state index in [2.05, 4.69) is 25.5 Å². The number of furan rings is 1. The second kappa shape index (κ2) is 7.26. The number of benzene rings is 2. The summed E-state index contributed by atoms with van der Waals surface area (Å²) in [6.07, 6.45) is 4.70. The van der Waals surface area contributed by atoms with Gasteiger partial charge in [0.25, 0.3) is 0 Å². The number of aliphatic hydroxyl groups is 1. The third kappa shape index (κ3) is 3.03. The summed E-state index contributed by atoms with van der Waals surface area (Å²) in [5.41, 5.74) is 3.46. The number of aromatic nitrogens is 6. The Kier molecular flexibility index (Phi) is 4.33. The van der Waals surface area contributed by atoms with E-state index in [1.165, 1.54) is 12.5 Å². The van der Waals surface area contributed by atoms with Crippen LogP contribution in [-0.2, 0) is 5.60 Å². The van der Waals surface area contributed by atoms with Gasteiger partial charge in [-0.05, 0) is 70.4 Å². The van der Waals surface area contributed by atoms with Crippen LogP contribution in [0.5, 0.6) is 0 Å². The number of aromatic amines is 1. The predicted octanol–water partition coefficient (Wildman–Crippen LogP) is 4.51. The highest BCUT2D eigenvalue weighted by atomic mass is 35.5. The van der Waals surface area contributed by atoms with Crippen LogP contribution in [0.15, 0.2) is 77.7 Å². The molecular formula is C24H17ClN6O2. The first-order chi connectivity index (χ1) is 16.0. The number of nitrogens with zero attached hydrogens (tertiary/aromatic N) is 5. The summed E-state index contributed by atoms with van der Waals surface area (Å²) in [4.78, 5) is 7.47. The molecule has 2 N–H and O–H groups in total. The number of hydrogen-bond donors (Lipinski definition) is 2. The highest BCUT2D eigenvalue weighted by Crippen LogP contribution is 2.39. The molecule has 0 saturated heterocycles. The Hall–Kier alpha value is -4.01. The van der Waals surface area contributed by atoms with Crippen molar-refractivity contribution < 1.29 is 9.52 Å². The van der Waals surface area contributed by atoms with E-state index in [1.807, 2.05) is 55.5 Å². The number of pyridine rings is 1. The van der Waals surface area contributed by atoms with Crippen molar-refractivity contribution in [2.45, 2.75) is 12.5 Å². The summed E-state index contributed by atoms with van der Waals surface area (Å²) in [7, 11) is 0. The molecular weight excluding hydrogens is 440 g/mol. The molecule has 0 radical (unpaired) electrons. The van der Waals surface area contributed by atoms with Gasteiger partial charge in [0.05, 0.1) is 29.9 Å². The fourth-order valence-corrected chi connectivity index (χ4v) is 4.46. The Balaban J connectivity index is 1.68. The SMILES string of the molecule is Cc1ncc(C(O)(c2ccoc2)c2ccc3c(c2)c(-c2cccc(Cl)c2)cc2nnnn23)[nH]1. The molecule has 0 aliphatic rings. The Morgan fingerprint density at radius 2 is 2.00 bits per heavy atom. The number of halogens is 1. The minimum absolute atomic E-state index is 0.536. The lowest BCUT2D eigenvalue weighted by Gasteiger charge is -2.27. The smallest absolute Gasteiger partial charge is 0.180 e. The van der Waals surface area contributed by atoms with Crippen LogP contribution >= 0.6 is 11.6 Å². The van der Waals surface area contributed by atoms with Gasteiger partial charge in [-0.1, -0.05) is 29.8 Å². The molecule has 2 aromatic carbocycles. The van der Waals surface area contributed by atoms with E-state index in [0.717, 1.165) is 22.0 Å². The van der Waals surface area contributed by atoms with Crippen LogP contribution in [0.25, 0.3) is 27.7 Å². The van der Waals surface area contributed by atoms with Crippen LogP contribution in [0, 0.1) is 6.92 Å². The second-order valence-corrected chi connectivity index (χ2v) is 8.29. The second-order valence-electron chi connectivity index (χ2n) is 7.85. The van der Waals surface area contributed by atoms with Gasteiger partial charge in [0.1, 0.15) is 5.82 Å². The maximum Gasteiger partial charge on any atom is 0.180 e. The maximum atomic E-state index is 12.1. The van der Waals surface area contributed by atoms with Crippen molar-refractivity contribution in [2.75, 3.05) is 0 Å². The number of rotatable bonds is 4. The van der Waals surface area contributed by atoms with E-state index < -0.39 is 5.60 Å². The molecule has 0 saturated carbocycles. The lowest BCUT2D eigenvalue weighted by Crippen LogP contribution is -2.29. The number of aryl methyl sites for hydroxylation is 1. The zero-order valence-corrected chi connectivity index (χ0v) is 18.2. The normalized spacial score (nSPS) is 13.5. The molecule has 0 aliphatic carbocycles. The molecule has 6 aromatic rings. The van der Waals surface area contributed by atoms with Gasteiger partial charge in [0.15, 0.2) is 11.2 Å². The van der Waals surface area contributed by atoms with Crippen molar-refractivity contribution in [1.29, 1.82) is 0 Å². The Morgan fingerprint density at radius 1 is 1.09 bits per heavy atom. The van der Waals surface area contributed by atoms with Crippen molar-refractivity contribution in [2.24, 2.45) is 0 Å². The van der Waals surface area contributed by atoms with Crippen LogP contribution in [0.3, 0.4) is 0 Å². The number of hydrogen-bond acceptors (Lipinski definition) is 6. The molecule has 33 heavy (non-hydrogen) atoms. The quantitative estimate of drug-likeness (QED) is 0.404. The van der Waals surface area contributed by atoms with Crippen LogP contribution in [0.1, 0.15) is 22.6 Å². The highest BCUT2D eigenvalue weighted by Gasteiger charge is 2.37. The fraction of sp³-hybridized carbons (Fsp3) is 0.0833. The number of H-pyrrole nitrogens is 1. The summed E-state index contributed by atoms with van der Waals surface area (Å²) >= 11 is 6.29. The summed E-state index contributed by atoms with van der Waals surface area (Å²) in [5, 5.41) is 25.6. The standard InChI is InChI=1S/C24H17ClN6O2/c1-14-26-12-22(27-14)24(32,17-7-8-33-13-17)16-5-6-21-20(10-16)19(11-23-28-29-30-31(21)23)15-3-2-4-18(25)9-15/h2-13,32H,1H3,(H,26,27). The molecule has 162 valence electrons. The van der Waals surface area contributed by atoms with E-state index in [9.17, 15) is 5.11 Å². The van der Waals surface area contributed by atoms with Crippen molar-refractivity contribution in [3.05, 3.63) is 101 Å². The molecule has 1 unspecified atom stereocenters. The van der Waals surface area contributed by atoms with E-state index in [1.54, 1.807) is 16.8 Å². The highest BCUT2D eigenvalue weighted by molar-refractivity contribution is 6.30. The molecule has 8 nitrogen and oxygen atoms in total. The molecule has 6 rings (SSSR count). The largest absolute Gasteiger partial charge is 0.472 e. The Labute approximate surface area is 192 Å². The average molecular weight is 457 g/mol. The minimum Gasteiger partial charge on any atom is -0.472 e. The van der Waals surface area contributed by atoms with Gasteiger partial charge in [-0.2, -0.15) is 4.52 Å². The van der Waals surface area contributed by atoms with Crippen molar-refractivity contribution >= 4 is 28.2 Å². The summed E-state index contributed by atoms with van der Waals surface area (Å²) < 4.78 is 6.98. The minimum atomic E-state index is -1.51. The molecule has 0 spiro atoms. The van der Waals surface area contributed by atoms with Gasteiger partial charge in [-0.15, -0.1) is 5.10 Å². The van der Waals surface area contributed by atoms with Crippen LogP contribution in [0.4, 0.5) is 0 Å². The summed E-state index contributed by atoms with van der Waals surface area (Å²) in [6, 6.07) is 16.9. The van der Waals surface area contributed by atoms with Crippen LogP contribution in [-0.4, -0.2) is 35.1 Å². The van der Waals surface area contributed by atoms with Crippen molar-refractivity contribution in [1.82, 2.24) is 30.0 Å². The van der Waals surface area contributed by atoms with E-state index in [-0.39, 0.29) is 0 Å². The molecule has 9 heteroatoms. The lowest BCUT2D eigenvalue weighted by atomic mass is 9.84. The van der Waals surface area contributed by atoms with E-state index in [0.29, 0.717) is 33.3 Å². The van der Waals surface area contributed by atoms with Gasteiger partial charge in [-0.25, -0.2) is 4.98 Å². The molecule has 4 heterocycles. The lowest BCUT2D eigenvalue weighted by molar-refractivity contribution is 0.120. The monoisotopic (exact) mass is 456 g/mol. The summed E-state index contributed by atoms with van der Waals surface area (Å²) in [5.74, 6) is 0.697. The topological polar surface area (TPSA) is 105 Å². The maximum absolute atomic E-state index is 12.1. The van der Waals surface area contributed by atoms with Crippen molar-refractivity contribution in [3.63, 3.8) is 0 Å². The van der Waals surface area contributed by atoms with Gasteiger partial charge >= 0.3 is 0 Å². The fourth-order valence-electron chi connectivity index (χ4n) is 4.27. The van der Waals surface area contributed by atoms with Crippen LogP contribution in [0.2, 0.25) is 5.02 Å². The molecule has 4 aromatic heterocycles. The molecule has 0 bridgehead atoms. The van der Waals surface area contributed by atoms with Gasteiger partial charge in [0.2, 0.25) is 0 Å². The van der Waals surface area contributed by atoms with E-state index >= 15 is 0 Å². The first-order valence-corrected chi connectivity index (χ1v) is 10.6. The number of fused-ring (bicyclic) bond motifs is 3. The number of imidazole rings is 1. The zero-order valence-electron chi connectivity index (χ0n) is 17.4. The first-order valence-electron chi connectivity index (χ1n) is 10.2. The molecule has 1 atom stereocenters. The average Bonchev–Trinajstić information content (AvgIpc) is 3.59. The van der Waals surface area contributed by atoms with E-state index in [4.69, 9.17) is 16.0 Å². The Morgan fingerprint density at radius 3 is 2.76 bits per heavy atom. The third-order valence-corrected chi connectivity index (χ3v) is 6.10. The zero-order chi connectivity index (χ0) is 22.6. The Bertz CT molecular complexity index is 1620. The van der Waals surface area contributed by atoms with Crippen LogP contribution < -0.4 is 0 Å².